The van der Waals surface area contributed by atoms with Gasteiger partial charge in [-0.1, -0.05) is 253 Å². The van der Waals surface area contributed by atoms with Crippen LogP contribution in [0.2, 0.25) is 0 Å². The SMILES string of the molecule is CC/C=C\C/C=C\C/C=C\C/C=C\C/C=C\CC(=O)OC(COC(=O)CCCCCCCC)COC(=O)CCCCCCCCCCCCCCCC/C=C\C/C=C\C/C=C\CCCCCCC. The molecule has 0 aromatic rings. The van der Waals surface area contributed by atoms with E-state index in [9.17, 15) is 14.4 Å². The summed E-state index contributed by atoms with van der Waals surface area (Å²) in [5.74, 6) is -1.06. The summed E-state index contributed by atoms with van der Waals surface area (Å²) in [6.07, 6.45) is 74.7. The summed E-state index contributed by atoms with van der Waals surface area (Å²) in [7, 11) is 0. The third-order valence-electron chi connectivity index (χ3n) is 11.9. The summed E-state index contributed by atoms with van der Waals surface area (Å²) < 4.78 is 16.6. The molecule has 1 atom stereocenters. The van der Waals surface area contributed by atoms with Gasteiger partial charge in [-0.15, -0.1) is 0 Å². The van der Waals surface area contributed by atoms with Crippen molar-refractivity contribution in [2.75, 3.05) is 13.2 Å². The molecule has 0 saturated heterocycles. The van der Waals surface area contributed by atoms with E-state index in [0.29, 0.717) is 12.8 Å². The number of allylic oxidation sites excluding steroid dienone is 15. The summed E-state index contributed by atoms with van der Waals surface area (Å²) in [5, 5.41) is 0. The minimum atomic E-state index is -0.828. The van der Waals surface area contributed by atoms with E-state index in [1.807, 2.05) is 6.08 Å². The van der Waals surface area contributed by atoms with E-state index in [0.717, 1.165) is 83.5 Å². The molecule has 0 heterocycles. The van der Waals surface area contributed by atoms with Gasteiger partial charge < -0.3 is 14.2 Å². The van der Waals surface area contributed by atoms with Gasteiger partial charge in [-0.3, -0.25) is 14.4 Å². The molecule has 0 aromatic carbocycles. The first-order valence-corrected chi connectivity index (χ1v) is 28.2. The van der Waals surface area contributed by atoms with Crippen molar-refractivity contribution in [2.45, 2.75) is 264 Å². The molecular formula is C62H104O6. The fourth-order valence-corrected chi connectivity index (χ4v) is 7.64. The molecule has 68 heavy (non-hydrogen) atoms. The monoisotopic (exact) mass is 945 g/mol. The molecule has 6 heteroatoms. The molecule has 6 nitrogen and oxygen atoms in total. The molecule has 0 rings (SSSR count). The summed E-state index contributed by atoms with van der Waals surface area (Å²) >= 11 is 0. The molecule has 0 fully saturated rings. The van der Waals surface area contributed by atoms with Gasteiger partial charge in [0.1, 0.15) is 13.2 Å². The molecule has 388 valence electrons. The average Bonchev–Trinajstić information content (AvgIpc) is 3.34. The van der Waals surface area contributed by atoms with E-state index in [-0.39, 0.29) is 31.6 Å². The second-order valence-corrected chi connectivity index (χ2v) is 18.5. The fourth-order valence-electron chi connectivity index (χ4n) is 7.64. The minimum absolute atomic E-state index is 0.0965. The molecule has 1 unspecified atom stereocenters. The third-order valence-corrected chi connectivity index (χ3v) is 11.9. The Morgan fingerprint density at radius 1 is 0.324 bits per heavy atom. The number of rotatable bonds is 50. The number of hydrogen-bond acceptors (Lipinski definition) is 6. The first-order chi connectivity index (χ1) is 33.5. The first kappa shape index (κ1) is 64.3. The molecule has 0 aliphatic rings. The Hall–Kier alpha value is -3.67. The van der Waals surface area contributed by atoms with E-state index in [1.54, 1.807) is 6.08 Å². The van der Waals surface area contributed by atoms with Gasteiger partial charge >= 0.3 is 17.9 Å². The topological polar surface area (TPSA) is 78.9 Å². The Morgan fingerprint density at radius 2 is 0.618 bits per heavy atom. The van der Waals surface area contributed by atoms with Gasteiger partial charge in [0.05, 0.1) is 6.42 Å². The molecule has 0 amide bonds. The normalized spacial score (nSPS) is 12.8. The van der Waals surface area contributed by atoms with Crippen LogP contribution in [-0.4, -0.2) is 37.2 Å². The van der Waals surface area contributed by atoms with Crippen LogP contribution in [0.4, 0.5) is 0 Å². The zero-order valence-corrected chi connectivity index (χ0v) is 44.3. The maximum Gasteiger partial charge on any atom is 0.310 e. The smallest absolute Gasteiger partial charge is 0.310 e. The van der Waals surface area contributed by atoms with E-state index >= 15 is 0 Å². The molecule has 0 bridgehead atoms. The van der Waals surface area contributed by atoms with Crippen LogP contribution >= 0.6 is 0 Å². The van der Waals surface area contributed by atoms with E-state index < -0.39 is 12.1 Å². The van der Waals surface area contributed by atoms with Gasteiger partial charge in [0.2, 0.25) is 0 Å². The highest BCUT2D eigenvalue weighted by Crippen LogP contribution is 2.15. The van der Waals surface area contributed by atoms with Crippen LogP contribution in [0.25, 0.3) is 0 Å². The van der Waals surface area contributed by atoms with Crippen LogP contribution in [0, 0.1) is 0 Å². The van der Waals surface area contributed by atoms with Crippen LogP contribution in [0.3, 0.4) is 0 Å². The van der Waals surface area contributed by atoms with Crippen molar-refractivity contribution in [3.05, 3.63) is 97.2 Å². The number of unbranched alkanes of at least 4 members (excludes halogenated alkanes) is 24. The van der Waals surface area contributed by atoms with E-state index in [2.05, 4.69) is 106 Å². The summed E-state index contributed by atoms with van der Waals surface area (Å²) in [4.78, 5) is 37.7. The lowest BCUT2D eigenvalue weighted by Gasteiger charge is -2.18. The van der Waals surface area contributed by atoms with Crippen molar-refractivity contribution in [1.82, 2.24) is 0 Å². The van der Waals surface area contributed by atoms with Gasteiger partial charge in [-0.25, -0.2) is 0 Å². The third kappa shape index (κ3) is 53.3. The summed E-state index contributed by atoms with van der Waals surface area (Å²) in [6, 6.07) is 0. The van der Waals surface area contributed by atoms with Gasteiger partial charge in [0, 0.05) is 12.8 Å². The van der Waals surface area contributed by atoms with Crippen molar-refractivity contribution in [3.8, 4) is 0 Å². The highest BCUT2D eigenvalue weighted by molar-refractivity contribution is 5.72. The number of esters is 3. The maximum absolute atomic E-state index is 12.7. The maximum atomic E-state index is 12.7. The molecule has 0 aromatic heterocycles. The summed E-state index contributed by atoms with van der Waals surface area (Å²) in [6.45, 7) is 6.36. The Balaban J connectivity index is 4.13. The van der Waals surface area contributed by atoms with Gasteiger partial charge in [-0.2, -0.15) is 0 Å². The molecule has 0 saturated carbocycles. The lowest BCUT2D eigenvalue weighted by Crippen LogP contribution is -2.30. The number of carbonyl (C=O) groups is 3. The zero-order valence-electron chi connectivity index (χ0n) is 44.3. The standard InChI is InChI=1S/C62H104O6/c1-4-7-10-13-16-18-20-22-24-25-26-27-28-29-30-31-32-33-34-35-36-37-39-40-42-44-46-49-52-55-61(64)67-58-59(57-66-60(63)54-51-48-15-12-9-6-3)68-62(65)56-53-50-47-45-43-41-38-23-21-19-17-14-11-8-5-2/h8,11,17,19-20,22-23,25-26,28-29,38,43,45,50,53,59H,4-7,9-10,12-16,18,21,24,27,30-37,39-42,44,46-49,51-52,54-58H2,1-3H3/b11-8-,19-17-,22-20-,26-25-,29-28-,38-23-,45-43-,53-50-. The Labute approximate surface area is 419 Å². The Kier molecular flexibility index (Phi) is 52.9. The largest absolute Gasteiger partial charge is 0.462 e. The number of carbonyl (C=O) groups excluding carboxylic acids is 3. The first-order valence-electron chi connectivity index (χ1n) is 28.2. The number of hydrogen-bond donors (Lipinski definition) is 0. The van der Waals surface area contributed by atoms with Crippen molar-refractivity contribution in [1.29, 1.82) is 0 Å². The molecular weight excluding hydrogens is 841 g/mol. The predicted octanol–water partition coefficient (Wildman–Crippen LogP) is 18.9. The highest BCUT2D eigenvalue weighted by atomic mass is 16.6. The lowest BCUT2D eigenvalue weighted by atomic mass is 10.0. The van der Waals surface area contributed by atoms with Crippen molar-refractivity contribution < 1.29 is 28.6 Å². The second-order valence-electron chi connectivity index (χ2n) is 18.5. The van der Waals surface area contributed by atoms with Crippen LogP contribution in [0.1, 0.15) is 258 Å². The van der Waals surface area contributed by atoms with Crippen LogP contribution in [-0.2, 0) is 28.6 Å². The number of ether oxygens (including phenoxy) is 3. The Morgan fingerprint density at radius 3 is 0.971 bits per heavy atom. The van der Waals surface area contributed by atoms with Crippen molar-refractivity contribution in [3.63, 3.8) is 0 Å². The van der Waals surface area contributed by atoms with Gasteiger partial charge in [0.25, 0.3) is 0 Å². The van der Waals surface area contributed by atoms with Gasteiger partial charge in [0.15, 0.2) is 6.10 Å². The van der Waals surface area contributed by atoms with Crippen LogP contribution in [0.15, 0.2) is 97.2 Å². The average molecular weight is 946 g/mol. The van der Waals surface area contributed by atoms with Crippen LogP contribution in [0.5, 0.6) is 0 Å². The molecule has 0 radical (unpaired) electrons. The molecule has 0 spiro atoms. The van der Waals surface area contributed by atoms with Crippen molar-refractivity contribution >= 4 is 17.9 Å². The highest BCUT2D eigenvalue weighted by Gasteiger charge is 2.19. The van der Waals surface area contributed by atoms with E-state index in [4.69, 9.17) is 14.2 Å². The lowest BCUT2D eigenvalue weighted by molar-refractivity contribution is -0.166. The fraction of sp³-hybridized carbons (Fsp3) is 0.694. The molecule has 0 N–H and O–H groups in total. The summed E-state index contributed by atoms with van der Waals surface area (Å²) in [5.41, 5.74) is 0. The van der Waals surface area contributed by atoms with Gasteiger partial charge in [-0.05, 0) is 83.5 Å². The molecule has 0 aliphatic carbocycles. The van der Waals surface area contributed by atoms with Crippen LogP contribution < -0.4 is 0 Å². The quantitative estimate of drug-likeness (QED) is 0.0262. The van der Waals surface area contributed by atoms with Crippen molar-refractivity contribution in [2.24, 2.45) is 0 Å². The van der Waals surface area contributed by atoms with E-state index in [1.165, 1.54) is 135 Å². The Bertz CT molecular complexity index is 1360. The zero-order chi connectivity index (χ0) is 49.3. The minimum Gasteiger partial charge on any atom is -0.462 e. The predicted molar refractivity (Wildman–Crippen MR) is 293 cm³/mol. The molecule has 0 aliphatic heterocycles. The second kappa shape index (κ2) is 55.9.